The van der Waals surface area contributed by atoms with E-state index in [0.717, 1.165) is 16.5 Å². The summed E-state index contributed by atoms with van der Waals surface area (Å²) in [6, 6.07) is 6.02. The average molecular weight is 375 g/mol. The number of hydrogen-bond donors (Lipinski definition) is 2. The Labute approximate surface area is 154 Å². The molecule has 140 valence electrons. The molecular weight excluding hydrogens is 348 g/mol. The van der Waals surface area contributed by atoms with E-state index in [-0.39, 0.29) is 17.0 Å². The predicted molar refractivity (Wildman–Crippen MR) is 104 cm³/mol. The molecule has 0 radical (unpaired) electrons. The second-order valence-corrected chi connectivity index (χ2v) is 8.87. The molecule has 3 rings (SSSR count). The second kappa shape index (κ2) is 6.89. The number of fused-ring (bicyclic) bond motifs is 1. The summed E-state index contributed by atoms with van der Waals surface area (Å²) in [6.07, 6.45) is 4.18. The monoisotopic (exact) mass is 374 g/mol. The van der Waals surface area contributed by atoms with Crippen molar-refractivity contribution in [2.75, 3.05) is 0 Å². The number of aromatic nitrogens is 3. The molecule has 0 aliphatic carbocycles. The van der Waals surface area contributed by atoms with Crippen LogP contribution < -0.4 is 4.72 Å². The Morgan fingerprint density at radius 3 is 2.62 bits per heavy atom. The van der Waals surface area contributed by atoms with Gasteiger partial charge < -0.3 is 4.98 Å². The van der Waals surface area contributed by atoms with Crippen LogP contribution in [0.5, 0.6) is 0 Å². The standard InChI is InChI=1S/C19H26N4O2S/c1-12(2)23-11-18(15(5)21-23)26(24,25)22-14(4)9-16-10-20-19-13(3)7-6-8-17(16)19/h6-8,10-12,14,20,22H,9H2,1-5H3/t14-/m0/s1. The van der Waals surface area contributed by atoms with E-state index in [1.807, 2.05) is 33.0 Å². The number of nitrogens with one attached hydrogen (secondary N) is 2. The predicted octanol–water partition coefficient (Wildman–Crippen LogP) is 3.47. The SMILES string of the molecule is Cc1nn(C(C)C)cc1S(=O)(=O)N[C@@H](C)Cc1c[nH]c2c(C)cccc12. The third-order valence-corrected chi connectivity index (χ3v) is 6.27. The van der Waals surface area contributed by atoms with Crippen LogP contribution in [0.3, 0.4) is 0 Å². The van der Waals surface area contributed by atoms with Gasteiger partial charge in [0.15, 0.2) is 0 Å². The van der Waals surface area contributed by atoms with Crippen LogP contribution in [0.4, 0.5) is 0 Å². The molecule has 26 heavy (non-hydrogen) atoms. The zero-order chi connectivity index (χ0) is 19.1. The molecular formula is C19H26N4O2S. The van der Waals surface area contributed by atoms with Gasteiger partial charge in [0.2, 0.25) is 10.0 Å². The number of aromatic amines is 1. The molecule has 7 heteroatoms. The first-order valence-corrected chi connectivity index (χ1v) is 10.3. The van der Waals surface area contributed by atoms with E-state index in [2.05, 4.69) is 33.9 Å². The highest BCUT2D eigenvalue weighted by atomic mass is 32.2. The zero-order valence-corrected chi connectivity index (χ0v) is 16.7. The molecule has 6 nitrogen and oxygen atoms in total. The number of sulfonamides is 1. The lowest BCUT2D eigenvalue weighted by molar-refractivity contribution is 0.528. The second-order valence-electron chi connectivity index (χ2n) is 7.19. The van der Waals surface area contributed by atoms with Crippen molar-refractivity contribution < 1.29 is 8.42 Å². The van der Waals surface area contributed by atoms with Gasteiger partial charge in [-0.1, -0.05) is 18.2 Å². The van der Waals surface area contributed by atoms with Crippen LogP contribution in [0.15, 0.2) is 35.5 Å². The lowest BCUT2D eigenvalue weighted by Gasteiger charge is -2.13. The van der Waals surface area contributed by atoms with E-state index < -0.39 is 10.0 Å². The minimum Gasteiger partial charge on any atom is -0.361 e. The molecule has 0 spiro atoms. The number of aryl methyl sites for hydroxylation is 2. The normalized spacial score (nSPS) is 13.6. The van der Waals surface area contributed by atoms with Gasteiger partial charge in [-0.05, 0) is 52.2 Å². The summed E-state index contributed by atoms with van der Waals surface area (Å²) in [5.41, 5.74) is 3.90. The summed E-state index contributed by atoms with van der Waals surface area (Å²) in [7, 11) is -3.61. The number of nitrogens with zero attached hydrogens (tertiary/aromatic N) is 2. The highest BCUT2D eigenvalue weighted by molar-refractivity contribution is 7.89. The molecule has 0 bridgehead atoms. The van der Waals surface area contributed by atoms with Gasteiger partial charge in [-0.25, -0.2) is 13.1 Å². The van der Waals surface area contributed by atoms with Gasteiger partial charge in [-0.2, -0.15) is 5.10 Å². The molecule has 0 unspecified atom stereocenters. The fourth-order valence-electron chi connectivity index (χ4n) is 3.23. The van der Waals surface area contributed by atoms with Crippen LogP contribution in [-0.2, 0) is 16.4 Å². The summed E-state index contributed by atoms with van der Waals surface area (Å²) in [6.45, 7) is 9.61. The van der Waals surface area contributed by atoms with E-state index >= 15 is 0 Å². The van der Waals surface area contributed by atoms with Gasteiger partial charge in [0.25, 0.3) is 0 Å². The van der Waals surface area contributed by atoms with Crippen molar-refractivity contribution in [3.63, 3.8) is 0 Å². The summed E-state index contributed by atoms with van der Waals surface area (Å²) in [4.78, 5) is 3.53. The number of benzene rings is 1. The van der Waals surface area contributed by atoms with Crippen LogP contribution in [0.2, 0.25) is 0 Å². The average Bonchev–Trinajstić information content (AvgIpc) is 3.12. The minimum atomic E-state index is -3.61. The molecule has 0 saturated heterocycles. The molecule has 2 N–H and O–H groups in total. The van der Waals surface area contributed by atoms with Crippen LogP contribution in [0.1, 0.15) is 43.6 Å². The smallest absolute Gasteiger partial charge is 0.244 e. The van der Waals surface area contributed by atoms with Gasteiger partial charge in [-0.3, -0.25) is 4.68 Å². The van der Waals surface area contributed by atoms with Crippen molar-refractivity contribution in [3.8, 4) is 0 Å². The summed E-state index contributed by atoms with van der Waals surface area (Å²) >= 11 is 0. The van der Waals surface area contributed by atoms with Gasteiger partial charge >= 0.3 is 0 Å². The van der Waals surface area contributed by atoms with E-state index in [9.17, 15) is 8.42 Å². The van der Waals surface area contributed by atoms with Gasteiger partial charge in [0, 0.05) is 35.4 Å². The summed E-state index contributed by atoms with van der Waals surface area (Å²) in [5.74, 6) is 0. The third kappa shape index (κ3) is 3.54. The largest absolute Gasteiger partial charge is 0.361 e. The molecule has 0 fully saturated rings. The molecule has 0 aliphatic rings. The van der Waals surface area contributed by atoms with Crippen LogP contribution in [0.25, 0.3) is 10.9 Å². The molecule has 2 heterocycles. The van der Waals surface area contributed by atoms with Crippen LogP contribution >= 0.6 is 0 Å². The van der Waals surface area contributed by atoms with Gasteiger partial charge in [0.1, 0.15) is 4.90 Å². The highest BCUT2D eigenvalue weighted by Gasteiger charge is 2.23. The Kier molecular flexibility index (Phi) is 4.94. The molecule has 0 saturated carbocycles. The Morgan fingerprint density at radius 2 is 1.96 bits per heavy atom. The topological polar surface area (TPSA) is 79.8 Å². The fraction of sp³-hybridized carbons (Fsp3) is 0.421. The molecule has 1 atom stereocenters. The Bertz CT molecular complexity index is 1030. The van der Waals surface area contributed by atoms with Crippen molar-refractivity contribution in [1.82, 2.24) is 19.5 Å². The minimum absolute atomic E-state index is 0.115. The van der Waals surface area contributed by atoms with Crippen molar-refractivity contribution in [3.05, 3.63) is 47.4 Å². The van der Waals surface area contributed by atoms with E-state index in [4.69, 9.17) is 0 Å². The number of rotatable bonds is 6. The zero-order valence-electron chi connectivity index (χ0n) is 15.9. The molecule has 1 aromatic carbocycles. The van der Waals surface area contributed by atoms with Crippen molar-refractivity contribution in [2.45, 2.75) is 58.0 Å². The number of hydrogen-bond acceptors (Lipinski definition) is 3. The third-order valence-electron chi connectivity index (χ3n) is 4.58. The van der Waals surface area contributed by atoms with Gasteiger partial charge in [-0.15, -0.1) is 0 Å². The van der Waals surface area contributed by atoms with E-state index in [0.29, 0.717) is 12.1 Å². The maximum atomic E-state index is 12.8. The van der Waals surface area contributed by atoms with Crippen LogP contribution in [-0.4, -0.2) is 29.2 Å². The van der Waals surface area contributed by atoms with Crippen LogP contribution in [0, 0.1) is 13.8 Å². The van der Waals surface area contributed by atoms with E-state index in [1.165, 1.54) is 5.56 Å². The summed E-state index contributed by atoms with van der Waals surface area (Å²) < 4.78 is 30.0. The highest BCUT2D eigenvalue weighted by Crippen LogP contribution is 2.23. The first-order chi connectivity index (χ1) is 12.2. The van der Waals surface area contributed by atoms with E-state index in [1.54, 1.807) is 17.8 Å². The first kappa shape index (κ1) is 18.7. The molecule has 3 aromatic rings. The lowest BCUT2D eigenvalue weighted by Crippen LogP contribution is -2.34. The quantitative estimate of drug-likeness (QED) is 0.693. The van der Waals surface area contributed by atoms with Crippen molar-refractivity contribution >= 4 is 20.9 Å². The molecule has 0 aliphatic heterocycles. The van der Waals surface area contributed by atoms with Gasteiger partial charge in [0.05, 0.1) is 5.69 Å². The Hall–Kier alpha value is -2.12. The number of H-pyrrole nitrogens is 1. The Morgan fingerprint density at radius 1 is 1.23 bits per heavy atom. The molecule has 2 aromatic heterocycles. The maximum absolute atomic E-state index is 12.8. The maximum Gasteiger partial charge on any atom is 0.244 e. The lowest BCUT2D eigenvalue weighted by atomic mass is 10.1. The number of para-hydroxylation sites is 1. The summed E-state index contributed by atoms with van der Waals surface area (Å²) in [5, 5.41) is 5.44. The van der Waals surface area contributed by atoms with Crippen molar-refractivity contribution in [1.29, 1.82) is 0 Å². The molecule has 0 amide bonds. The Balaban J connectivity index is 1.80. The van der Waals surface area contributed by atoms with Crippen molar-refractivity contribution in [2.24, 2.45) is 0 Å². The fourth-order valence-corrected chi connectivity index (χ4v) is 4.64. The first-order valence-electron chi connectivity index (χ1n) is 8.82.